The van der Waals surface area contributed by atoms with Crippen molar-refractivity contribution in [1.82, 2.24) is 4.98 Å². The molecule has 2 rings (SSSR count). The highest BCUT2D eigenvalue weighted by Gasteiger charge is 2.04. The van der Waals surface area contributed by atoms with E-state index in [1.54, 1.807) is 13.2 Å². The Hall–Kier alpha value is -1.97. The zero-order valence-electron chi connectivity index (χ0n) is 9.36. The van der Waals surface area contributed by atoms with E-state index in [0.717, 1.165) is 17.1 Å². The van der Waals surface area contributed by atoms with Crippen LogP contribution in [0.3, 0.4) is 0 Å². The number of hydrogen-bond acceptors (Lipinski definition) is 4. The van der Waals surface area contributed by atoms with Crippen LogP contribution in [0.15, 0.2) is 34.9 Å². The fourth-order valence-corrected chi connectivity index (χ4v) is 1.41. The average Bonchev–Trinajstić information content (AvgIpc) is 2.79. The molecule has 0 aliphatic rings. The minimum Gasteiger partial charge on any atom is -0.494 e. The summed E-state index contributed by atoms with van der Waals surface area (Å²) in [4.78, 5) is 4.06. The van der Waals surface area contributed by atoms with Crippen LogP contribution in [0.25, 0.3) is 11.3 Å². The normalized spacial score (nSPS) is 10.1. The maximum atomic E-state index is 5.46. The van der Waals surface area contributed by atoms with Crippen molar-refractivity contribution in [2.75, 3.05) is 19.0 Å². The van der Waals surface area contributed by atoms with Crippen molar-refractivity contribution in [2.45, 2.75) is 6.92 Å². The molecule has 1 aromatic carbocycles. The molecule has 2 aromatic rings. The van der Waals surface area contributed by atoms with Crippen LogP contribution < -0.4 is 10.1 Å². The Bertz CT molecular complexity index is 448. The van der Waals surface area contributed by atoms with Crippen LogP contribution in [0.2, 0.25) is 0 Å². The lowest BCUT2D eigenvalue weighted by molar-refractivity contribution is 0.340. The van der Waals surface area contributed by atoms with Gasteiger partial charge in [-0.05, 0) is 31.2 Å². The number of ether oxygens (including phenoxy) is 1. The lowest BCUT2D eigenvalue weighted by atomic mass is 10.2. The molecule has 0 aliphatic carbocycles. The number of rotatable bonds is 4. The van der Waals surface area contributed by atoms with Crippen molar-refractivity contribution in [3.63, 3.8) is 0 Å². The molecule has 1 aromatic heterocycles. The first kappa shape index (κ1) is 10.5. The van der Waals surface area contributed by atoms with Crippen molar-refractivity contribution in [1.29, 1.82) is 0 Å². The number of benzene rings is 1. The van der Waals surface area contributed by atoms with Gasteiger partial charge in [0.1, 0.15) is 5.75 Å². The maximum absolute atomic E-state index is 5.46. The van der Waals surface area contributed by atoms with E-state index in [1.807, 2.05) is 31.2 Å². The Morgan fingerprint density at radius 3 is 2.62 bits per heavy atom. The molecular formula is C12H14N2O2. The maximum Gasteiger partial charge on any atom is 0.294 e. The number of anilines is 1. The molecule has 0 atom stereocenters. The second kappa shape index (κ2) is 4.70. The molecule has 0 unspecified atom stereocenters. The quantitative estimate of drug-likeness (QED) is 0.857. The predicted octanol–water partition coefficient (Wildman–Crippen LogP) is 2.78. The van der Waals surface area contributed by atoms with Gasteiger partial charge in [0.15, 0.2) is 5.76 Å². The molecule has 0 spiro atoms. The summed E-state index contributed by atoms with van der Waals surface area (Å²) in [6.45, 7) is 2.63. The van der Waals surface area contributed by atoms with E-state index in [2.05, 4.69) is 10.3 Å². The molecule has 0 fully saturated rings. The van der Waals surface area contributed by atoms with Gasteiger partial charge in [0.25, 0.3) is 6.01 Å². The molecule has 16 heavy (non-hydrogen) atoms. The third-order valence-electron chi connectivity index (χ3n) is 2.17. The average molecular weight is 218 g/mol. The van der Waals surface area contributed by atoms with E-state index in [9.17, 15) is 0 Å². The van der Waals surface area contributed by atoms with Gasteiger partial charge in [-0.1, -0.05) is 0 Å². The Kier molecular flexibility index (Phi) is 3.10. The summed E-state index contributed by atoms with van der Waals surface area (Å²) < 4.78 is 10.8. The minimum atomic E-state index is 0.517. The summed E-state index contributed by atoms with van der Waals surface area (Å²) in [5, 5.41) is 2.85. The molecule has 0 bridgehead atoms. The van der Waals surface area contributed by atoms with Crippen LogP contribution in [0.5, 0.6) is 5.75 Å². The van der Waals surface area contributed by atoms with E-state index in [0.29, 0.717) is 12.6 Å². The zero-order chi connectivity index (χ0) is 11.4. The molecule has 0 amide bonds. The van der Waals surface area contributed by atoms with E-state index in [4.69, 9.17) is 9.15 Å². The standard InChI is InChI=1S/C12H14N2O2/c1-3-15-10-6-4-9(5-7-10)11-8-14-12(13-2)16-11/h4-8H,3H2,1-2H3,(H,13,14). The molecule has 84 valence electrons. The second-order valence-electron chi connectivity index (χ2n) is 3.24. The van der Waals surface area contributed by atoms with Gasteiger partial charge in [-0.15, -0.1) is 0 Å². The van der Waals surface area contributed by atoms with Crippen LogP contribution >= 0.6 is 0 Å². The van der Waals surface area contributed by atoms with Gasteiger partial charge in [0.05, 0.1) is 12.8 Å². The first-order valence-electron chi connectivity index (χ1n) is 5.20. The van der Waals surface area contributed by atoms with E-state index in [-0.39, 0.29) is 0 Å². The van der Waals surface area contributed by atoms with Gasteiger partial charge in [-0.3, -0.25) is 0 Å². The van der Waals surface area contributed by atoms with Crippen molar-refractivity contribution >= 4 is 6.01 Å². The highest BCUT2D eigenvalue weighted by molar-refractivity contribution is 5.58. The molecule has 4 heteroatoms. The highest BCUT2D eigenvalue weighted by Crippen LogP contribution is 2.24. The Morgan fingerprint density at radius 2 is 2.06 bits per heavy atom. The van der Waals surface area contributed by atoms with Crippen LogP contribution in [-0.4, -0.2) is 18.6 Å². The van der Waals surface area contributed by atoms with Crippen LogP contribution in [-0.2, 0) is 0 Å². The Labute approximate surface area is 94.3 Å². The SMILES string of the molecule is CCOc1ccc(-c2cnc(NC)o2)cc1. The molecule has 0 aliphatic heterocycles. The molecule has 0 saturated heterocycles. The van der Waals surface area contributed by atoms with Crippen LogP contribution in [0, 0.1) is 0 Å². The largest absolute Gasteiger partial charge is 0.494 e. The summed E-state index contributed by atoms with van der Waals surface area (Å²) in [6, 6.07) is 8.25. The molecule has 4 nitrogen and oxygen atoms in total. The van der Waals surface area contributed by atoms with Crippen LogP contribution in [0.4, 0.5) is 6.01 Å². The zero-order valence-corrected chi connectivity index (χ0v) is 9.36. The molecule has 1 N–H and O–H groups in total. The fourth-order valence-electron chi connectivity index (χ4n) is 1.41. The van der Waals surface area contributed by atoms with Crippen molar-refractivity contribution < 1.29 is 9.15 Å². The number of nitrogens with zero attached hydrogens (tertiary/aromatic N) is 1. The molecule has 1 heterocycles. The van der Waals surface area contributed by atoms with Crippen molar-refractivity contribution in [3.05, 3.63) is 30.5 Å². The van der Waals surface area contributed by atoms with E-state index in [1.165, 1.54) is 0 Å². The lowest BCUT2D eigenvalue weighted by Crippen LogP contribution is -1.90. The summed E-state index contributed by atoms with van der Waals surface area (Å²) in [7, 11) is 1.77. The number of nitrogens with one attached hydrogen (secondary N) is 1. The van der Waals surface area contributed by atoms with Gasteiger partial charge in [0.2, 0.25) is 0 Å². The second-order valence-corrected chi connectivity index (χ2v) is 3.24. The Morgan fingerprint density at radius 1 is 1.31 bits per heavy atom. The first-order valence-corrected chi connectivity index (χ1v) is 5.20. The number of aromatic nitrogens is 1. The van der Waals surface area contributed by atoms with Gasteiger partial charge >= 0.3 is 0 Å². The van der Waals surface area contributed by atoms with Crippen molar-refractivity contribution in [2.24, 2.45) is 0 Å². The van der Waals surface area contributed by atoms with Crippen LogP contribution in [0.1, 0.15) is 6.92 Å². The van der Waals surface area contributed by atoms with Gasteiger partial charge in [-0.25, -0.2) is 4.98 Å². The monoisotopic (exact) mass is 218 g/mol. The summed E-state index contributed by atoms with van der Waals surface area (Å²) >= 11 is 0. The van der Waals surface area contributed by atoms with Crippen molar-refractivity contribution in [3.8, 4) is 17.1 Å². The third kappa shape index (κ3) is 2.16. The van der Waals surface area contributed by atoms with Gasteiger partial charge in [-0.2, -0.15) is 0 Å². The Balaban J connectivity index is 2.20. The summed E-state index contributed by atoms with van der Waals surface area (Å²) in [5.74, 6) is 1.60. The predicted molar refractivity (Wildman–Crippen MR) is 62.7 cm³/mol. The number of hydrogen-bond donors (Lipinski definition) is 1. The fraction of sp³-hybridized carbons (Fsp3) is 0.250. The minimum absolute atomic E-state index is 0.517. The molecule has 0 radical (unpaired) electrons. The molecule has 0 saturated carbocycles. The summed E-state index contributed by atoms with van der Waals surface area (Å²) in [6.07, 6.45) is 1.70. The van der Waals surface area contributed by atoms with Gasteiger partial charge in [0, 0.05) is 12.6 Å². The molecular weight excluding hydrogens is 204 g/mol. The van der Waals surface area contributed by atoms with E-state index < -0.39 is 0 Å². The number of oxazole rings is 1. The topological polar surface area (TPSA) is 47.3 Å². The summed E-state index contributed by atoms with van der Waals surface area (Å²) in [5.41, 5.74) is 0.984. The third-order valence-corrected chi connectivity index (χ3v) is 2.17. The van der Waals surface area contributed by atoms with E-state index >= 15 is 0 Å². The highest BCUT2D eigenvalue weighted by atomic mass is 16.5. The lowest BCUT2D eigenvalue weighted by Gasteiger charge is -2.02. The van der Waals surface area contributed by atoms with Gasteiger partial charge < -0.3 is 14.5 Å². The first-order chi connectivity index (χ1) is 7.83. The smallest absolute Gasteiger partial charge is 0.294 e.